The quantitative estimate of drug-likeness (QED) is 0.268. The average molecular weight is 484 g/mol. The number of thiophene rings is 1. The molecule has 0 saturated carbocycles. The van der Waals surface area contributed by atoms with E-state index in [9.17, 15) is 9.59 Å². The smallest absolute Gasteiger partial charge is 0.263 e. The number of methoxy groups -OCH3 is 1. The minimum atomic E-state index is -0.0263. The Morgan fingerprint density at radius 2 is 2.27 bits per heavy atom. The molecule has 1 amide bonds. The summed E-state index contributed by atoms with van der Waals surface area (Å²) in [6.45, 7) is 6.92. The van der Waals surface area contributed by atoms with E-state index in [4.69, 9.17) is 9.72 Å². The van der Waals surface area contributed by atoms with Gasteiger partial charge in [-0.25, -0.2) is 4.98 Å². The number of allylic oxidation sites excluding steroid dienone is 1. The van der Waals surface area contributed by atoms with Gasteiger partial charge in [0.2, 0.25) is 5.91 Å². The van der Waals surface area contributed by atoms with Crippen molar-refractivity contribution in [2.24, 2.45) is 5.92 Å². The summed E-state index contributed by atoms with van der Waals surface area (Å²) in [5.74, 6) is 1.58. The van der Waals surface area contributed by atoms with Crippen molar-refractivity contribution in [1.82, 2.24) is 14.5 Å². The van der Waals surface area contributed by atoms with Crippen LogP contribution in [-0.2, 0) is 30.7 Å². The summed E-state index contributed by atoms with van der Waals surface area (Å²) in [5, 5.41) is 1.33. The van der Waals surface area contributed by atoms with Crippen LogP contribution < -0.4 is 10.3 Å². The first kappa shape index (κ1) is 23.6. The van der Waals surface area contributed by atoms with Crippen LogP contribution in [0, 0.1) is 5.92 Å². The Labute approximate surface area is 202 Å². The Balaban J connectivity index is 1.55. The van der Waals surface area contributed by atoms with Crippen molar-refractivity contribution >= 4 is 39.2 Å². The molecule has 0 spiro atoms. The van der Waals surface area contributed by atoms with Crippen LogP contribution in [0.1, 0.15) is 29.3 Å². The summed E-state index contributed by atoms with van der Waals surface area (Å²) in [6.07, 6.45) is 4.75. The number of fused-ring (bicyclic) bond motifs is 3. The van der Waals surface area contributed by atoms with E-state index in [2.05, 4.69) is 13.5 Å². The zero-order valence-corrected chi connectivity index (χ0v) is 20.9. The highest BCUT2D eigenvalue weighted by molar-refractivity contribution is 7.99. The molecule has 0 bridgehead atoms. The minimum Gasteiger partial charge on any atom is -0.497 e. The van der Waals surface area contributed by atoms with Crippen molar-refractivity contribution in [2.75, 3.05) is 19.9 Å². The predicted molar refractivity (Wildman–Crippen MR) is 135 cm³/mol. The van der Waals surface area contributed by atoms with Gasteiger partial charge in [0.25, 0.3) is 5.56 Å². The standard InChI is InChI=1S/C25H29N3O3S2/c1-5-11-28-24(30)22-19-10-9-16(2)12-20(19)33-23(22)26-25(28)32-15-21(29)27(3)14-17-7-6-8-18(13-17)31-4/h5-8,13,16H,1,9-12,14-15H2,2-4H3. The maximum Gasteiger partial charge on any atom is 0.263 e. The van der Waals surface area contributed by atoms with E-state index in [0.717, 1.165) is 40.8 Å². The molecular formula is C25H29N3O3S2. The van der Waals surface area contributed by atoms with E-state index in [1.165, 1.54) is 22.2 Å². The van der Waals surface area contributed by atoms with E-state index >= 15 is 0 Å². The monoisotopic (exact) mass is 483 g/mol. The molecule has 174 valence electrons. The molecule has 1 aromatic carbocycles. The van der Waals surface area contributed by atoms with Gasteiger partial charge >= 0.3 is 0 Å². The van der Waals surface area contributed by atoms with Crippen molar-refractivity contribution in [1.29, 1.82) is 0 Å². The summed E-state index contributed by atoms with van der Waals surface area (Å²) in [7, 11) is 3.41. The molecule has 33 heavy (non-hydrogen) atoms. The number of rotatable bonds is 8. The van der Waals surface area contributed by atoms with Crippen molar-refractivity contribution in [3.8, 4) is 5.75 Å². The summed E-state index contributed by atoms with van der Waals surface area (Å²) < 4.78 is 6.92. The van der Waals surface area contributed by atoms with Crippen LogP contribution in [0.15, 0.2) is 46.9 Å². The van der Waals surface area contributed by atoms with Crippen LogP contribution in [0.25, 0.3) is 10.2 Å². The number of amides is 1. The number of carbonyl (C=O) groups is 1. The fourth-order valence-electron chi connectivity index (χ4n) is 4.17. The van der Waals surface area contributed by atoms with Gasteiger partial charge in [-0.2, -0.15) is 0 Å². The SMILES string of the molecule is C=CCn1c(SCC(=O)N(C)Cc2cccc(OC)c2)nc2sc3c(c2c1=O)CCC(C)C3. The topological polar surface area (TPSA) is 64.4 Å². The second-order valence-corrected chi connectivity index (χ2v) is 10.5. The lowest BCUT2D eigenvalue weighted by molar-refractivity contribution is -0.127. The zero-order valence-electron chi connectivity index (χ0n) is 19.3. The number of hydrogen-bond donors (Lipinski definition) is 0. The molecule has 0 N–H and O–H groups in total. The number of benzene rings is 1. The maximum absolute atomic E-state index is 13.4. The predicted octanol–water partition coefficient (Wildman–Crippen LogP) is 4.53. The van der Waals surface area contributed by atoms with Crippen LogP contribution in [-0.4, -0.2) is 40.3 Å². The van der Waals surface area contributed by atoms with Crippen LogP contribution in [0.4, 0.5) is 0 Å². The van der Waals surface area contributed by atoms with Crippen molar-refractivity contribution in [3.05, 3.63) is 63.3 Å². The van der Waals surface area contributed by atoms with Gasteiger partial charge in [-0.15, -0.1) is 17.9 Å². The molecule has 0 fully saturated rings. The van der Waals surface area contributed by atoms with Gasteiger partial charge in [-0.05, 0) is 48.4 Å². The van der Waals surface area contributed by atoms with Crippen molar-refractivity contribution in [3.63, 3.8) is 0 Å². The number of thioether (sulfide) groups is 1. The number of nitrogens with zero attached hydrogens (tertiary/aromatic N) is 3. The highest BCUT2D eigenvalue weighted by atomic mass is 32.2. The molecule has 1 unspecified atom stereocenters. The molecule has 3 aromatic rings. The highest BCUT2D eigenvalue weighted by Gasteiger charge is 2.25. The fourth-order valence-corrected chi connectivity index (χ4v) is 6.55. The Morgan fingerprint density at radius 3 is 3.03 bits per heavy atom. The van der Waals surface area contributed by atoms with Crippen molar-refractivity contribution < 1.29 is 9.53 Å². The Hall–Kier alpha value is -2.58. The third kappa shape index (κ3) is 5.01. The molecule has 8 heteroatoms. The zero-order chi connectivity index (χ0) is 23.5. The first-order valence-corrected chi connectivity index (χ1v) is 12.9. The van der Waals surface area contributed by atoms with E-state index in [0.29, 0.717) is 24.2 Å². The molecule has 1 atom stereocenters. The van der Waals surface area contributed by atoms with Crippen LogP contribution >= 0.6 is 23.1 Å². The van der Waals surface area contributed by atoms with E-state index in [-0.39, 0.29) is 17.2 Å². The Bertz CT molecular complexity index is 1250. The van der Waals surface area contributed by atoms with Gasteiger partial charge in [0.15, 0.2) is 5.16 Å². The van der Waals surface area contributed by atoms with E-state index in [1.54, 1.807) is 41.0 Å². The summed E-state index contributed by atoms with van der Waals surface area (Å²) in [4.78, 5) is 34.8. The second-order valence-electron chi connectivity index (χ2n) is 8.52. The van der Waals surface area contributed by atoms with E-state index < -0.39 is 0 Å². The summed E-state index contributed by atoms with van der Waals surface area (Å²) >= 11 is 2.95. The molecule has 0 saturated heterocycles. The normalized spacial score (nSPS) is 15.3. The van der Waals surface area contributed by atoms with Gasteiger partial charge in [-0.3, -0.25) is 14.2 Å². The number of carbonyl (C=O) groups excluding carboxylic acids is 1. The van der Waals surface area contributed by atoms with Crippen LogP contribution in [0.3, 0.4) is 0 Å². The molecule has 4 rings (SSSR count). The van der Waals surface area contributed by atoms with Gasteiger partial charge in [0.05, 0.1) is 18.2 Å². The lowest BCUT2D eigenvalue weighted by Crippen LogP contribution is -2.29. The first-order valence-electron chi connectivity index (χ1n) is 11.1. The summed E-state index contributed by atoms with van der Waals surface area (Å²) in [5.41, 5.74) is 2.15. The number of aromatic nitrogens is 2. The number of hydrogen-bond acceptors (Lipinski definition) is 6. The molecule has 1 aliphatic carbocycles. The lowest BCUT2D eigenvalue weighted by atomic mass is 9.89. The molecule has 2 heterocycles. The molecule has 0 radical (unpaired) electrons. The largest absolute Gasteiger partial charge is 0.497 e. The van der Waals surface area contributed by atoms with Crippen LogP contribution in [0.5, 0.6) is 5.75 Å². The van der Waals surface area contributed by atoms with Gasteiger partial charge in [0.1, 0.15) is 10.6 Å². The highest BCUT2D eigenvalue weighted by Crippen LogP contribution is 2.36. The molecule has 1 aliphatic rings. The second kappa shape index (κ2) is 10.1. The average Bonchev–Trinajstić information content (AvgIpc) is 3.17. The molecule has 0 aliphatic heterocycles. The van der Waals surface area contributed by atoms with E-state index in [1.807, 2.05) is 24.3 Å². The third-order valence-electron chi connectivity index (χ3n) is 6.00. The first-order chi connectivity index (χ1) is 15.9. The Morgan fingerprint density at radius 1 is 1.45 bits per heavy atom. The number of ether oxygens (including phenoxy) is 1. The third-order valence-corrected chi connectivity index (χ3v) is 8.11. The van der Waals surface area contributed by atoms with Crippen molar-refractivity contribution in [2.45, 2.75) is 44.4 Å². The van der Waals surface area contributed by atoms with Gasteiger partial charge in [-0.1, -0.05) is 36.9 Å². The lowest BCUT2D eigenvalue weighted by Gasteiger charge is -2.18. The van der Waals surface area contributed by atoms with Crippen LogP contribution in [0.2, 0.25) is 0 Å². The summed E-state index contributed by atoms with van der Waals surface area (Å²) in [6, 6.07) is 7.68. The van der Waals surface area contributed by atoms with Gasteiger partial charge in [0, 0.05) is 25.0 Å². The minimum absolute atomic E-state index is 0.0216. The fraction of sp³-hybridized carbons (Fsp3) is 0.400. The molecule has 2 aromatic heterocycles. The molecule has 6 nitrogen and oxygen atoms in total. The number of aryl methyl sites for hydroxylation is 1. The molecular weight excluding hydrogens is 454 g/mol. The maximum atomic E-state index is 13.4. The van der Waals surface area contributed by atoms with Gasteiger partial charge < -0.3 is 9.64 Å². The Kier molecular flexibility index (Phi) is 7.24.